The van der Waals surface area contributed by atoms with Gasteiger partial charge in [-0.25, -0.2) is 9.78 Å². The van der Waals surface area contributed by atoms with Crippen molar-refractivity contribution >= 4 is 28.7 Å². The molecule has 1 N–H and O–H groups in total. The van der Waals surface area contributed by atoms with Gasteiger partial charge in [0, 0.05) is 26.0 Å². The third-order valence-electron chi connectivity index (χ3n) is 3.58. The molecule has 2 aromatic heterocycles. The van der Waals surface area contributed by atoms with Crippen LogP contribution in [0.2, 0.25) is 0 Å². The molecule has 0 aromatic carbocycles. The van der Waals surface area contributed by atoms with Crippen LogP contribution in [0.15, 0.2) is 15.9 Å². The highest BCUT2D eigenvalue weighted by molar-refractivity contribution is 6.18. The molecule has 2 rings (SSSR count). The van der Waals surface area contributed by atoms with Crippen molar-refractivity contribution in [1.29, 1.82) is 0 Å². The Labute approximate surface area is 131 Å². The Morgan fingerprint density at radius 1 is 1.36 bits per heavy atom. The number of amides is 1. The van der Waals surface area contributed by atoms with Crippen molar-refractivity contribution < 1.29 is 4.79 Å². The van der Waals surface area contributed by atoms with Gasteiger partial charge in [0.05, 0.1) is 6.33 Å². The molecular weight excluding hydrogens is 310 g/mol. The van der Waals surface area contributed by atoms with Gasteiger partial charge < -0.3 is 9.88 Å². The Kier molecular flexibility index (Phi) is 4.70. The summed E-state index contributed by atoms with van der Waals surface area (Å²) in [6, 6.07) is -0.115. The molecule has 22 heavy (non-hydrogen) atoms. The van der Waals surface area contributed by atoms with E-state index in [4.69, 9.17) is 11.6 Å². The zero-order valence-electron chi connectivity index (χ0n) is 12.7. The first kappa shape index (κ1) is 16.3. The highest BCUT2D eigenvalue weighted by Crippen LogP contribution is 2.05. The van der Waals surface area contributed by atoms with Crippen LogP contribution < -0.4 is 16.6 Å². The number of aromatic nitrogens is 4. The summed E-state index contributed by atoms with van der Waals surface area (Å²) in [5, 5.41) is 2.78. The normalized spacial score (nSPS) is 12.5. The lowest BCUT2D eigenvalue weighted by atomic mass is 10.2. The van der Waals surface area contributed by atoms with Crippen LogP contribution in [0.5, 0.6) is 0 Å². The third-order valence-corrected chi connectivity index (χ3v) is 3.95. The van der Waals surface area contributed by atoms with E-state index in [9.17, 15) is 14.4 Å². The summed E-state index contributed by atoms with van der Waals surface area (Å²) in [4.78, 5) is 40.2. The smallest absolute Gasteiger partial charge is 0.332 e. The predicted octanol–water partition coefficient (Wildman–Crippen LogP) is -0.433. The summed E-state index contributed by atoms with van der Waals surface area (Å²) < 4.78 is 3.71. The molecule has 2 heterocycles. The maximum Gasteiger partial charge on any atom is 0.332 e. The molecule has 0 spiro atoms. The first-order chi connectivity index (χ1) is 10.4. The van der Waals surface area contributed by atoms with Crippen LogP contribution in [-0.2, 0) is 25.4 Å². The lowest BCUT2D eigenvalue weighted by Gasteiger charge is -2.14. The van der Waals surface area contributed by atoms with E-state index in [0.717, 1.165) is 11.0 Å². The number of nitrogens with zero attached hydrogens (tertiary/aromatic N) is 4. The summed E-state index contributed by atoms with van der Waals surface area (Å²) in [6.45, 7) is 1.86. The molecule has 0 fully saturated rings. The first-order valence-electron chi connectivity index (χ1n) is 6.86. The quantitative estimate of drug-likeness (QED) is 0.754. The number of rotatable bonds is 5. The molecule has 2 aromatic rings. The average Bonchev–Trinajstić information content (AvgIpc) is 2.92. The zero-order chi connectivity index (χ0) is 16.4. The summed E-state index contributed by atoms with van der Waals surface area (Å²) >= 11 is 5.75. The van der Waals surface area contributed by atoms with Crippen LogP contribution in [0.25, 0.3) is 11.2 Å². The molecule has 0 aliphatic rings. The van der Waals surface area contributed by atoms with Gasteiger partial charge in [-0.3, -0.25) is 18.7 Å². The van der Waals surface area contributed by atoms with E-state index in [2.05, 4.69) is 10.3 Å². The van der Waals surface area contributed by atoms with Gasteiger partial charge in [0.1, 0.15) is 6.54 Å². The maximum absolute atomic E-state index is 12.2. The van der Waals surface area contributed by atoms with Gasteiger partial charge in [-0.1, -0.05) is 6.92 Å². The Balaban J connectivity index is 2.40. The van der Waals surface area contributed by atoms with Crippen LogP contribution in [0.1, 0.15) is 13.3 Å². The van der Waals surface area contributed by atoms with Gasteiger partial charge >= 0.3 is 5.69 Å². The second-order valence-corrected chi connectivity index (χ2v) is 5.39. The topological polar surface area (TPSA) is 90.9 Å². The molecule has 0 aliphatic heterocycles. The van der Waals surface area contributed by atoms with E-state index in [1.807, 2.05) is 6.92 Å². The fourth-order valence-electron chi connectivity index (χ4n) is 2.19. The van der Waals surface area contributed by atoms with Crippen LogP contribution in [0.4, 0.5) is 0 Å². The van der Waals surface area contributed by atoms with Gasteiger partial charge in [-0.15, -0.1) is 11.6 Å². The van der Waals surface area contributed by atoms with Crippen LogP contribution >= 0.6 is 11.6 Å². The molecular formula is C13H18ClN5O3. The minimum absolute atomic E-state index is 0.0582. The number of carbonyl (C=O) groups is 1. The number of carbonyl (C=O) groups excluding carboxylic acids is 1. The van der Waals surface area contributed by atoms with Crippen LogP contribution in [0, 0.1) is 0 Å². The van der Waals surface area contributed by atoms with Crippen molar-refractivity contribution in [1.82, 2.24) is 24.0 Å². The molecule has 9 heteroatoms. The zero-order valence-corrected chi connectivity index (χ0v) is 13.4. The number of halogens is 1. The van der Waals surface area contributed by atoms with Crippen molar-refractivity contribution in [3.05, 3.63) is 27.2 Å². The second kappa shape index (κ2) is 6.35. The van der Waals surface area contributed by atoms with Crippen molar-refractivity contribution in [3.63, 3.8) is 0 Å². The SMILES string of the molecule is CC[C@H](CCl)NC(=O)Cn1cnc2c1c(=O)n(C)c(=O)n2C. The molecule has 0 unspecified atom stereocenters. The maximum atomic E-state index is 12.2. The van der Waals surface area contributed by atoms with Gasteiger partial charge in [0.25, 0.3) is 5.56 Å². The minimum Gasteiger partial charge on any atom is -0.351 e. The number of imidazole rings is 1. The molecule has 120 valence electrons. The van der Waals surface area contributed by atoms with E-state index in [0.29, 0.717) is 5.88 Å². The Morgan fingerprint density at radius 2 is 2.05 bits per heavy atom. The van der Waals surface area contributed by atoms with E-state index in [1.165, 1.54) is 29.6 Å². The summed E-state index contributed by atoms with van der Waals surface area (Å²) in [7, 11) is 2.92. The van der Waals surface area contributed by atoms with Crippen LogP contribution in [-0.4, -0.2) is 36.5 Å². The van der Waals surface area contributed by atoms with Gasteiger partial charge in [0.15, 0.2) is 11.2 Å². The lowest BCUT2D eigenvalue weighted by Crippen LogP contribution is -2.39. The molecule has 1 amide bonds. The van der Waals surface area contributed by atoms with E-state index >= 15 is 0 Å². The number of alkyl halides is 1. The molecule has 0 saturated carbocycles. The van der Waals surface area contributed by atoms with Gasteiger partial charge in [-0.05, 0) is 6.42 Å². The number of aryl methyl sites for hydroxylation is 1. The van der Waals surface area contributed by atoms with Gasteiger partial charge in [0.2, 0.25) is 5.91 Å². The molecule has 1 atom stereocenters. The highest BCUT2D eigenvalue weighted by Gasteiger charge is 2.16. The summed E-state index contributed by atoms with van der Waals surface area (Å²) in [6.07, 6.45) is 2.10. The molecule has 8 nitrogen and oxygen atoms in total. The van der Waals surface area contributed by atoms with Crippen molar-refractivity contribution in [2.45, 2.75) is 25.9 Å². The summed E-state index contributed by atoms with van der Waals surface area (Å²) in [5.74, 6) is 0.0612. The fraction of sp³-hybridized carbons (Fsp3) is 0.538. The molecule has 0 saturated heterocycles. The number of fused-ring (bicyclic) bond motifs is 1. The average molecular weight is 328 g/mol. The summed E-state index contributed by atoms with van der Waals surface area (Å²) in [5.41, 5.74) is -0.461. The number of hydrogen-bond acceptors (Lipinski definition) is 4. The molecule has 0 aliphatic carbocycles. The molecule has 0 radical (unpaired) electrons. The monoisotopic (exact) mass is 327 g/mol. The first-order valence-corrected chi connectivity index (χ1v) is 7.40. The van der Waals surface area contributed by atoms with E-state index in [1.54, 1.807) is 0 Å². The van der Waals surface area contributed by atoms with Crippen molar-refractivity contribution in [2.24, 2.45) is 14.1 Å². The standard InChI is InChI=1S/C13H18ClN5O3/c1-4-8(5-14)16-9(20)6-19-7-15-11-10(19)12(21)18(3)13(22)17(11)2/h7-8H,4-6H2,1-3H3,(H,16,20)/t8-/m1/s1. The fourth-order valence-corrected chi connectivity index (χ4v) is 2.49. The Morgan fingerprint density at radius 3 is 2.64 bits per heavy atom. The van der Waals surface area contributed by atoms with Crippen molar-refractivity contribution in [2.75, 3.05) is 5.88 Å². The van der Waals surface area contributed by atoms with E-state index in [-0.39, 0.29) is 29.7 Å². The lowest BCUT2D eigenvalue weighted by molar-refractivity contribution is -0.122. The Bertz CT molecular complexity index is 815. The highest BCUT2D eigenvalue weighted by atomic mass is 35.5. The predicted molar refractivity (Wildman–Crippen MR) is 83.2 cm³/mol. The largest absolute Gasteiger partial charge is 0.351 e. The Hall–Kier alpha value is -2.09. The minimum atomic E-state index is -0.479. The third kappa shape index (κ3) is 2.78. The number of hydrogen-bond donors (Lipinski definition) is 1. The van der Waals surface area contributed by atoms with Gasteiger partial charge in [-0.2, -0.15) is 0 Å². The second-order valence-electron chi connectivity index (χ2n) is 5.08. The number of nitrogens with one attached hydrogen (secondary N) is 1. The van der Waals surface area contributed by atoms with Crippen molar-refractivity contribution in [3.8, 4) is 0 Å². The van der Waals surface area contributed by atoms with Crippen LogP contribution in [0.3, 0.4) is 0 Å². The molecule has 0 bridgehead atoms. The van der Waals surface area contributed by atoms with E-state index < -0.39 is 11.2 Å².